The molecule has 0 aromatic heterocycles. The highest BCUT2D eigenvalue weighted by atomic mass is 35.5. The summed E-state index contributed by atoms with van der Waals surface area (Å²) in [6.07, 6.45) is 1.77. The largest absolute Gasteiger partial charge is 0.493 e. The average Bonchev–Trinajstić information content (AvgIpc) is 2.80. The van der Waals surface area contributed by atoms with Crippen LogP contribution in [0.1, 0.15) is 67.1 Å². The number of amides is 1. The number of nitrogens with one attached hydrogen (secondary N) is 1. The van der Waals surface area contributed by atoms with Gasteiger partial charge in [0, 0.05) is 18.2 Å². The van der Waals surface area contributed by atoms with E-state index in [1.807, 2.05) is 12.1 Å². The Morgan fingerprint density at radius 2 is 1.79 bits per heavy atom. The van der Waals surface area contributed by atoms with E-state index in [2.05, 4.69) is 57.3 Å². The zero-order valence-corrected chi connectivity index (χ0v) is 21.0. The van der Waals surface area contributed by atoms with E-state index in [-0.39, 0.29) is 11.3 Å². The fourth-order valence-corrected chi connectivity index (χ4v) is 4.25. The Morgan fingerprint density at radius 1 is 1.09 bits per heavy atom. The summed E-state index contributed by atoms with van der Waals surface area (Å²) in [4.78, 5) is 12.5. The Labute approximate surface area is 207 Å². The third-order valence-corrected chi connectivity index (χ3v) is 6.56. The molecule has 3 aromatic rings. The fourth-order valence-electron chi connectivity index (χ4n) is 4.03. The first-order valence-corrected chi connectivity index (χ1v) is 12.2. The van der Waals surface area contributed by atoms with Gasteiger partial charge in [-0.2, -0.15) is 0 Å². The standard InChI is InChI=1S/C29H32ClNO3/c1-19-14-16-33-26-18-27(25(30)17-24(19)26)34-23-11-7-21(8-12-23)28(32)31-15-13-20-5-9-22(10-6-20)29(2,3)4/h5-12,17-19H,13-16H2,1-4H3,(H,31,32). The van der Waals surface area contributed by atoms with Crippen molar-refractivity contribution in [1.82, 2.24) is 5.32 Å². The fraction of sp³-hybridized carbons (Fsp3) is 0.345. The maximum absolute atomic E-state index is 12.5. The molecule has 0 spiro atoms. The van der Waals surface area contributed by atoms with Crippen LogP contribution in [0.25, 0.3) is 0 Å². The van der Waals surface area contributed by atoms with Crippen molar-refractivity contribution in [3.8, 4) is 17.2 Å². The van der Waals surface area contributed by atoms with Crippen LogP contribution in [0.5, 0.6) is 17.2 Å². The van der Waals surface area contributed by atoms with Crippen molar-refractivity contribution in [1.29, 1.82) is 0 Å². The molecule has 3 aromatic carbocycles. The van der Waals surface area contributed by atoms with E-state index in [0.717, 1.165) is 24.2 Å². The molecule has 4 nitrogen and oxygen atoms in total. The van der Waals surface area contributed by atoms with E-state index in [9.17, 15) is 4.79 Å². The summed E-state index contributed by atoms with van der Waals surface area (Å²) >= 11 is 6.45. The molecule has 0 aliphatic carbocycles. The number of fused-ring (bicyclic) bond motifs is 1. The molecule has 34 heavy (non-hydrogen) atoms. The van der Waals surface area contributed by atoms with Crippen LogP contribution in [-0.4, -0.2) is 19.1 Å². The SMILES string of the molecule is CC1CCOc2cc(Oc3ccc(C(=O)NCCc4ccc(C(C)(C)C)cc4)cc3)c(Cl)cc21. The number of benzene rings is 3. The Morgan fingerprint density at radius 3 is 2.47 bits per heavy atom. The molecule has 1 atom stereocenters. The van der Waals surface area contributed by atoms with Crippen LogP contribution in [-0.2, 0) is 11.8 Å². The minimum atomic E-state index is -0.105. The maximum atomic E-state index is 12.5. The normalized spacial score (nSPS) is 15.3. The zero-order chi connectivity index (χ0) is 24.3. The number of ether oxygens (including phenoxy) is 2. The van der Waals surface area contributed by atoms with Crippen LogP contribution >= 0.6 is 11.6 Å². The van der Waals surface area contributed by atoms with Gasteiger partial charge in [0.25, 0.3) is 5.91 Å². The van der Waals surface area contributed by atoms with Crippen molar-refractivity contribution in [2.24, 2.45) is 0 Å². The zero-order valence-electron chi connectivity index (χ0n) is 20.3. The molecule has 1 heterocycles. The van der Waals surface area contributed by atoms with Crippen molar-refractivity contribution >= 4 is 17.5 Å². The quantitative estimate of drug-likeness (QED) is 0.405. The average molecular weight is 478 g/mol. The first-order chi connectivity index (χ1) is 16.2. The lowest BCUT2D eigenvalue weighted by atomic mass is 9.86. The topological polar surface area (TPSA) is 47.6 Å². The number of halogens is 1. The molecule has 1 aliphatic heterocycles. The van der Waals surface area contributed by atoms with Crippen LogP contribution in [0.15, 0.2) is 60.7 Å². The Hall–Kier alpha value is -2.98. The third kappa shape index (κ3) is 5.74. The van der Waals surface area contributed by atoms with Crippen molar-refractivity contribution in [3.63, 3.8) is 0 Å². The van der Waals surface area contributed by atoms with Crippen molar-refractivity contribution in [3.05, 3.63) is 87.9 Å². The number of carbonyl (C=O) groups excluding carboxylic acids is 1. The van der Waals surface area contributed by atoms with E-state index in [1.54, 1.807) is 24.3 Å². The molecule has 1 N–H and O–H groups in total. The molecule has 178 valence electrons. The minimum absolute atomic E-state index is 0.105. The number of carbonyl (C=O) groups is 1. The molecule has 0 saturated carbocycles. The minimum Gasteiger partial charge on any atom is -0.493 e. The van der Waals surface area contributed by atoms with Gasteiger partial charge in [0.1, 0.15) is 17.2 Å². The molecule has 1 unspecified atom stereocenters. The molecule has 4 rings (SSSR count). The van der Waals surface area contributed by atoms with Crippen LogP contribution < -0.4 is 14.8 Å². The van der Waals surface area contributed by atoms with E-state index in [4.69, 9.17) is 21.1 Å². The van der Waals surface area contributed by atoms with Crippen molar-refractivity contribution in [2.75, 3.05) is 13.2 Å². The lowest BCUT2D eigenvalue weighted by molar-refractivity contribution is 0.0954. The molecule has 0 fully saturated rings. The summed E-state index contributed by atoms with van der Waals surface area (Å²) in [6.45, 7) is 10.1. The first kappa shape index (κ1) is 24.2. The lowest BCUT2D eigenvalue weighted by Crippen LogP contribution is -2.25. The van der Waals surface area contributed by atoms with Crippen LogP contribution in [0, 0.1) is 0 Å². The van der Waals surface area contributed by atoms with Gasteiger partial charge in [-0.3, -0.25) is 4.79 Å². The summed E-state index contributed by atoms with van der Waals surface area (Å²) in [7, 11) is 0. The molecule has 1 amide bonds. The number of hydrogen-bond donors (Lipinski definition) is 1. The highest BCUT2D eigenvalue weighted by Gasteiger charge is 2.20. The van der Waals surface area contributed by atoms with Gasteiger partial charge in [-0.15, -0.1) is 0 Å². The van der Waals surface area contributed by atoms with Crippen LogP contribution in [0.3, 0.4) is 0 Å². The molecular weight excluding hydrogens is 446 g/mol. The Bertz CT molecular complexity index is 1150. The molecule has 1 aliphatic rings. The molecular formula is C29H32ClNO3. The predicted molar refractivity (Wildman–Crippen MR) is 138 cm³/mol. The molecule has 5 heteroatoms. The van der Waals surface area contributed by atoms with Gasteiger partial charge >= 0.3 is 0 Å². The van der Waals surface area contributed by atoms with Gasteiger partial charge in [0.05, 0.1) is 11.6 Å². The molecule has 0 radical (unpaired) electrons. The highest BCUT2D eigenvalue weighted by molar-refractivity contribution is 6.32. The van der Waals surface area contributed by atoms with Gasteiger partial charge in [-0.25, -0.2) is 0 Å². The molecule has 0 bridgehead atoms. The summed E-state index contributed by atoms with van der Waals surface area (Å²) < 4.78 is 11.8. The summed E-state index contributed by atoms with van der Waals surface area (Å²) in [5, 5.41) is 3.54. The summed E-state index contributed by atoms with van der Waals surface area (Å²) in [5.41, 5.74) is 4.35. The Kier molecular flexibility index (Phi) is 7.18. The number of rotatable bonds is 6. The van der Waals surface area contributed by atoms with E-state index >= 15 is 0 Å². The monoisotopic (exact) mass is 477 g/mol. The summed E-state index contributed by atoms with van der Waals surface area (Å²) in [6, 6.07) is 19.4. The second kappa shape index (κ2) is 10.1. The highest BCUT2D eigenvalue weighted by Crippen LogP contribution is 2.41. The van der Waals surface area contributed by atoms with Gasteiger partial charge in [-0.1, -0.05) is 63.6 Å². The third-order valence-electron chi connectivity index (χ3n) is 6.27. The van der Waals surface area contributed by atoms with Gasteiger partial charge < -0.3 is 14.8 Å². The smallest absolute Gasteiger partial charge is 0.251 e. The van der Waals surface area contributed by atoms with Crippen molar-refractivity contribution < 1.29 is 14.3 Å². The van der Waals surface area contributed by atoms with Crippen LogP contribution in [0.2, 0.25) is 5.02 Å². The second-order valence-electron chi connectivity index (χ2n) is 9.94. The lowest BCUT2D eigenvalue weighted by Gasteiger charge is -2.24. The van der Waals surface area contributed by atoms with Gasteiger partial charge in [0.2, 0.25) is 0 Å². The van der Waals surface area contributed by atoms with E-state index in [1.165, 1.54) is 11.1 Å². The van der Waals surface area contributed by atoms with E-state index < -0.39 is 0 Å². The van der Waals surface area contributed by atoms with Crippen LogP contribution in [0.4, 0.5) is 0 Å². The predicted octanol–water partition coefficient (Wildman–Crippen LogP) is 7.29. The number of hydrogen-bond acceptors (Lipinski definition) is 3. The van der Waals surface area contributed by atoms with Gasteiger partial charge in [0.15, 0.2) is 0 Å². The maximum Gasteiger partial charge on any atom is 0.251 e. The molecule has 0 saturated heterocycles. The van der Waals surface area contributed by atoms with E-state index in [0.29, 0.717) is 41.2 Å². The Balaban J connectivity index is 1.32. The van der Waals surface area contributed by atoms with Crippen molar-refractivity contribution in [2.45, 2.75) is 51.9 Å². The summed E-state index contributed by atoms with van der Waals surface area (Å²) in [5.74, 6) is 2.29. The second-order valence-corrected chi connectivity index (χ2v) is 10.3. The first-order valence-electron chi connectivity index (χ1n) is 11.8. The van der Waals surface area contributed by atoms with Gasteiger partial charge in [-0.05, 0) is 71.2 Å².